The molecule has 88 valence electrons. The molecule has 0 aliphatic carbocycles. The highest BCUT2D eigenvalue weighted by atomic mass is 35.5. The molecule has 2 nitrogen and oxygen atoms in total. The Morgan fingerprint density at radius 1 is 1.50 bits per heavy atom. The maximum atomic E-state index is 13.7. The van der Waals surface area contributed by atoms with E-state index in [1.807, 2.05) is 0 Å². The van der Waals surface area contributed by atoms with Crippen molar-refractivity contribution < 1.29 is 4.39 Å². The molecule has 1 saturated heterocycles. The normalized spacial score (nSPS) is 22.3. The second-order valence-electron chi connectivity index (χ2n) is 4.35. The lowest BCUT2D eigenvalue weighted by molar-refractivity contribution is 0.199. The molecule has 1 fully saturated rings. The van der Waals surface area contributed by atoms with Gasteiger partial charge in [0.1, 0.15) is 5.82 Å². The van der Waals surface area contributed by atoms with Crippen LogP contribution in [0.1, 0.15) is 18.4 Å². The summed E-state index contributed by atoms with van der Waals surface area (Å²) in [6.07, 6.45) is 2.15. The highest BCUT2D eigenvalue weighted by Gasteiger charge is 2.18. The van der Waals surface area contributed by atoms with Gasteiger partial charge in [0.05, 0.1) is 5.02 Å². The average molecular weight is 243 g/mol. The predicted molar refractivity (Wildman–Crippen MR) is 63.9 cm³/mol. The molecule has 1 aliphatic heterocycles. The van der Waals surface area contributed by atoms with Crippen LogP contribution in [0.5, 0.6) is 0 Å². The van der Waals surface area contributed by atoms with Gasteiger partial charge >= 0.3 is 0 Å². The zero-order valence-corrected chi connectivity index (χ0v) is 9.88. The minimum absolute atomic E-state index is 0.193. The minimum atomic E-state index is -0.302. The number of hydrogen-bond donors (Lipinski definition) is 1. The molecule has 0 spiro atoms. The van der Waals surface area contributed by atoms with Crippen LogP contribution < -0.4 is 5.73 Å². The fourth-order valence-corrected chi connectivity index (χ4v) is 2.34. The SMILES string of the molecule is NC1CCCN(Cc2cccc(Cl)c2F)C1. The standard InChI is InChI=1S/C12H16ClFN2/c13-11-5-1-3-9(12(11)14)7-16-6-2-4-10(15)8-16/h1,3,5,10H,2,4,6-8,15H2. The fourth-order valence-electron chi connectivity index (χ4n) is 2.15. The van der Waals surface area contributed by atoms with Crippen LogP contribution in [0.3, 0.4) is 0 Å². The maximum absolute atomic E-state index is 13.7. The van der Waals surface area contributed by atoms with E-state index in [4.69, 9.17) is 17.3 Å². The van der Waals surface area contributed by atoms with E-state index < -0.39 is 0 Å². The molecule has 16 heavy (non-hydrogen) atoms. The highest BCUT2D eigenvalue weighted by Crippen LogP contribution is 2.20. The summed E-state index contributed by atoms with van der Waals surface area (Å²) < 4.78 is 13.7. The predicted octanol–water partition coefficient (Wildman–Crippen LogP) is 2.40. The Hall–Kier alpha value is -0.640. The van der Waals surface area contributed by atoms with Crippen LogP contribution in [0.25, 0.3) is 0 Å². The molecule has 1 aliphatic rings. The van der Waals surface area contributed by atoms with E-state index in [-0.39, 0.29) is 16.9 Å². The second kappa shape index (κ2) is 5.13. The molecular weight excluding hydrogens is 227 g/mol. The topological polar surface area (TPSA) is 29.3 Å². The van der Waals surface area contributed by atoms with E-state index in [9.17, 15) is 4.39 Å². The molecule has 2 N–H and O–H groups in total. The fraction of sp³-hybridized carbons (Fsp3) is 0.500. The van der Waals surface area contributed by atoms with E-state index in [1.54, 1.807) is 18.2 Å². The summed E-state index contributed by atoms with van der Waals surface area (Å²) in [6.45, 7) is 2.42. The number of halogens is 2. The second-order valence-corrected chi connectivity index (χ2v) is 4.76. The van der Waals surface area contributed by atoms with Crippen LogP contribution in [0.15, 0.2) is 18.2 Å². The average Bonchev–Trinajstić information content (AvgIpc) is 2.25. The molecular formula is C12H16ClFN2. The van der Waals surface area contributed by atoms with Crippen LogP contribution in [0.2, 0.25) is 5.02 Å². The number of benzene rings is 1. The van der Waals surface area contributed by atoms with Gasteiger partial charge in [-0.25, -0.2) is 4.39 Å². The molecule has 4 heteroatoms. The van der Waals surface area contributed by atoms with Crippen LogP contribution in [0, 0.1) is 5.82 Å². The van der Waals surface area contributed by atoms with Crippen molar-refractivity contribution in [2.24, 2.45) is 5.73 Å². The summed E-state index contributed by atoms with van der Waals surface area (Å²) in [7, 11) is 0. The third-order valence-electron chi connectivity index (χ3n) is 2.97. The lowest BCUT2D eigenvalue weighted by Crippen LogP contribution is -2.42. The van der Waals surface area contributed by atoms with Crippen molar-refractivity contribution >= 4 is 11.6 Å². The first-order valence-corrected chi connectivity index (χ1v) is 5.95. The van der Waals surface area contributed by atoms with Crippen LogP contribution >= 0.6 is 11.6 Å². The van der Waals surface area contributed by atoms with Crippen molar-refractivity contribution in [3.63, 3.8) is 0 Å². The molecule has 0 aromatic heterocycles. The number of nitrogens with two attached hydrogens (primary N) is 1. The Labute approximate surface area is 100 Å². The molecule has 2 rings (SSSR count). The van der Waals surface area contributed by atoms with Gasteiger partial charge in [-0.1, -0.05) is 23.7 Å². The summed E-state index contributed by atoms with van der Waals surface area (Å²) in [6, 6.07) is 5.35. The highest BCUT2D eigenvalue weighted by molar-refractivity contribution is 6.30. The summed E-state index contributed by atoms with van der Waals surface area (Å²) in [4.78, 5) is 2.18. The molecule has 1 unspecified atom stereocenters. The van der Waals surface area contributed by atoms with Crippen molar-refractivity contribution in [3.05, 3.63) is 34.6 Å². The molecule has 1 aromatic rings. The van der Waals surface area contributed by atoms with E-state index >= 15 is 0 Å². The van der Waals surface area contributed by atoms with Gasteiger partial charge in [-0.2, -0.15) is 0 Å². The Bertz CT molecular complexity index is 370. The molecule has 1 heterocycles. The molecule has 0 bridgehead atoms. The number of rotatable bonds is 2. The van der Waals surface area contributed by atoms with Crippen molar-refractivity contribution in [1.29, 1.82) is 0 Å². The van der Waals surface area contributed by atoms with Gasteiger partial charge < -0.3 is 5.73 Å². The van der Waals surface area contributed by atoms with E-state index in [2.05, 4.69) is 4.90 Å². The maximum Gasteiger partial charge on any atom is 0.146 e. The Morgan fingerprint density at radius 3 is 3.06 bits per heavy atom. The van der Waals surface area contributed by atoms with Crippen molar-refractivity contribution in [3.8, 4) is 0 Å². The largest absolute Gasteiger partial charge is 0.327 e. The van der Waals surface area contributed by atoms with E-state index in [1.165, 1.54) is 0 Å². The van der Waals surface area contributed by atoms with Crippen molar-refractivity contribution in [1.82, 2.24) is 4.90 Å². The number of piperidine rings is 1. The summed E-state index contributed by atoms with van der Waals surface area (Å²) >= 11 is 5.74. The van der Waals surface area contributed by atoms with Gasteiger partial charge in [-0.15, -0.1) is 0 Å². The quantitative estimate of drug-likeness (QED) is 0.863. The van der Waals surface area contributed by atoms with Gasteiger partial charge in [0.25, 0.3) is 0 Å². The molecule has 0 amide bonds. The first-order chi connectivity index (χ1) is 7.66. The lowest BCUT2D eigenvalue weighted by atomic mass is 10.1. The first-order valence-electron chi connectivity index (χ1n) is 5.57. The van der Waals surface area contributed by atoms with Gasteiger partial charge in [0.2, 0.25) is 0 Å². The van der Waals surface area contributed by atoms with Crippen molar-refractivity contribution in [2.45, 2.75) is 25.4 Å². The smallest absolute Gasteiger partial charge is 0.146 e. The Morgan fingerprint density at radius 2 is 2.31 bits per heavy atom. The van der Waals surface area contributed by atoms with Crippen molar-refractivity contribution in [2.75, 3.05) is 13.1 Å². The van der Waals surface area contributed by atoms with Gasteiger partial charge in [0.15, 0.2) is 0 Å². The number of hydrogen-bond acceptors (Lipinski definition) is 2. The molecule has 1 aromatic carbocycles. The van der Waals surface area contributed by atoms with Gasteiger partial charge in [0, 0.05) is 24.7 Å². The van der Waals surface area contributed by atoms with Gasteiger partial charge in [-0.05, 0) is 25.5 Å². The third kappa shape index (κ3) is 2.73. The Balaban J connectivity index is 2.05. The molecule has 0 saturated carbocycles. The summed E-state index contributed by atoms with van der Waals surface area (Å²) in [5.74, 6) is -0.302. The van der Waals surface area contributed by atoms with E-state index in [0.29, 0.717) is 12.1 Å². The van der Waals surface area contributed by atoms with Crippen LogP contribution in [-0.2, 0) is 6.54 Å². The third-order valence-corrected chi connectivity index (χ3v) is 3.26. The number of likely N-dealkylation sites (tertiary alicyclic amines) is 1. The zero-order valence-electron chi connectivity index (χ0n) is 9.13. The minimum Gasteiger partial charge on any atom is -0.327 e. The first kappa shape index (κ1) is 11.8. The molecule has 0 radical (unpaired) electrons. The monoisotopic (exact) mass is 242 g/mol. The molecule has 1 atom stereocenters. The zero-order chi connectivity index (χ0) is 11.5. The van der Waals surface area contributed by atoms with E-state index in [0.717, 1.165) is 25.9 Å². The summed E-state index contributed by atoms with van der Waals surface area (Å²) in [5, 5.41) is 0.193. The van der Waals surface area contributed by atoms with Crippen LogP contribution in [0.4, 0.5) is 4.39 Å². The lowest BCUT2D eigenvalue weighted by Gasteiger charge is -2.30. The Kier molecular flexibility index (Phi) is 3.79. The van der Waals surface area contributed by atoms with Crippen LogP contribution in [-0.4, -0.2) is 24.0 Å². The van der Waals surface area contributed by atoms with Gasteiger partial charge in [-0.3, -0.25) is 4.90 Å². The summed E-state index contributed by atoms with van der Waals surface area (Å²) in [5.41, 5.74) is 6.54. The number of nitrogens with zero attached hydrogens (tertiary/aromatic N) is 1.